The molecule has 0 spiro atoms. The van der Waals surface area contributed by atoms with E-state index in [0.717, 1.165) is 25.2 Å². The summed E-state index contributed by atoms with van der Waals surface area (Å²) in [6.45, 7) is 4.94. The average Bonchev–Trinajstić information content (AvgIpc) is 3.26. The van der Waals surface area contributed by atoms with Gasteiger partial charge in [0, 0.05) is 31.6 Å². The summed E-state index contributed by atoms with van der Waals surface area (Å²) in [5.41, 5.74) is 2.73. The molecule has 1 amide bonds. The van der Waals surface area contributed by atoms with Gasteiger partial charge in [-0.1, -0.05) is 36.4 Å². The number of nitrogens with one attached hydrogen (secondary N) is 2. The molecule has 1 heterocycles. The van der Waals surface area contributed by atoms with Crippen LogP contribution in [0.1, 0.15) is 47.7 Å². The first kappa shape index (κ1) is 23.1. The zero-order valence-corrected chi connectivity index (χ0v) is 18.6. The molecule has 1 aliphatic heterocycles. The van der Waals surface area contributed by atoms with E-state index in [1.807, 2.05) is 18.2 Å². The topological polar surface area (TPSA) is 95.6 Å². The number of hydrogen-bond donors (Lipinski definition) is 2. The number of Topliss-reactive ketones (excluding diaryl/α,β-unsaturated/α-hetero) is 1. The van der Waals surface area contributed by atoms with Gasteiger partial charge in [0.15, 0.2) is 5.78 Å². The van der Waals surface area contributed by atoms with Crippen LogP contribution < -0.4 is 10.0 Å². The highest BCUT2D eigenvalue weighted by Gasteiger charge is 2.16. The smallest absolute Gasteiger partial charge is 0.240 e. The Morgan fingerprint density at radius 2 is 1.61 bits per heavy atom. The summed E-state index contributed by atoms with van der Waals surface area (Å²) in [5, 5.41) is 2.88. The third-order valence-electron chi connectivity index (χ3n) is 5.40. The van der Waals surface area contributed by atoms with Gasteiger partial charge in [0.2, 0.25) is 15.9 Å². The normalized spacial score (nSPS) is 14.5. The van der Waals surface area contributed by atoms with Crippen molar-refractivity contribution in [3.05, 3.63) is 65.2 Å². The summed E-state index contributed by atoms with van der Waals surface area (Å²) in [4.78, 5) is 26.0. The van der Waals surface area contributed by atoms with E-state index in [2.05, 4.69) is 21.0 Å². The molecule has 0 aliphatic carbocycles. The number of carbonyl (C=O) groups excluding carboxylic acids is 2. The third kappa shape index (κ3) is 6.72. The quantitative estimate of drug-likeness (QED) is 0.550. The minimum Gasteiger partial charge on any atom is -0.352 e. The number of rotatable bonds is 10. The highest BCUT2D eigenvalue weighted by Crippen LogP contribution is 2.16. The van der Waals surface area contributed by atoms with Crippen LogP contribution in [0.4, 0.5) is 0 Å². The number of likely N-dealkylation sites (tertiary alicyclic amines) is 1. The van der Waals surface area contributed by atoms with Gasteiger partial charge in [0.25, 0.3) is 0 Å². The van der Waals surface area contributed by atoms with Crippen LogP contribution in [0, 0.1) is 0 Å². The summed E-state index contributed by atoms with van der Waals surface area (Å²) >= 11 is 0. The summed E-state index contributed by atoms with van der Waals surface area (Å²) < 4.78 is 27.1. The Hall–Kier alpha value is -2.55. The van der Waals surface area contributed by atoms with Gasteiger partial charge in [-0.25, -0.2) is 13.1 Å². The molecule has 7 nitrogen and oxygen atoms in total. The van der Waals surface area contributed by atoms with Crippen molar-refractivity contribution in [2.24, 2.45) is 0 Å². The van der Waals surface area contributed by atoms with E-state index in [4.69, 9.17) is 0 Å². The van der Waals surface area contributed by atoms with Gasteiger partial charge in [-0.05, 0) is 56.1 Å². The van der Waals surface area contributed by atoms with Crippen LogP contribution >= 0.6 is 0 Å². The lowest BCUT2D eigenvalue weighted by molar-refractivity contribution is -0.121. The molecule has 3 rings (SSSR count). The highest BCUT2D eigenvalue weighted by atomic mass is 32.2. The van der Waals surface area contributed by atoms with E-state index >= 15 is 0 Å². The Kier molecular flexibility index (Phi) is 7.95. The predicted molar refractivity (Wildman–Crippen MR) is 119 cm³/mol. The molecule has 0 saturated carbocycles. The number of amides is 1. The number of hydrogen-bond acceptors (Lipinski definition) is 5. The molecule has 2 aromatic carbocycles. The van der Waals surface area contributed by atoms with Crippen molar-refractivity contribution in [1.82, 2.24) is 14.9 Å². The molecule has 2 N–H and O–H groups in total. The van der Waals surface area contributed by atoms with Crippen LogP contribution in [0.2, 0.25) is 0 Å². The SMILES string of the molecule is CC(=O)c1ccc(S(=O)(=O)NCCC(=O)NCc2ccccc2CN2CCCC2)cc1. The second kappa shape index (κ2) is 10.7. The van der Waals surface area contributed by atoms with Gasteiger partial charge in [-0.2, -0.15) is 0 Å². The zero-order valence-electron chi connectivity index (χ0n) is 17.8. The van der Waals surface area contributed by atoms with E-state index in [0.29, 0.717) is 12.1 Å². The number of nitrogens with zero attached hydrogens (tertiary/aromatic N) is 1. The van der Waals surface area contributed by atoms with Crippen molar-refractivity contribution in [3.63, 3.8) is 0 Å². The predicted octanol–water partition coefficient (Wildman–Crippen LogP) is 2.47. The molecule has 0 aromatic heterocycles. The summed E-state index contributed by atoms with van der Waals surface area (Å²) in [7, 11) is -3.73. The monoisotopic (exact) mass is 443 g/mol. The molecule has 1 fully saturated rings. The molecule has 166 valence electrons. The van der Waals surface area contributed by atoms with Gasteiger partial charge in [0.05, 0.1) is 4.90 Å². The minimum absolute atomic E-state index is 0.00193. The average molecular weight is 444 g/mol. The summed E-state index contributed by atoms with van der Waals surface area (Å²) in [6.07, 6.45) is 2.50. The molecule has 0 bridgehead atoms. The largest absolute Gasteiger partial charge is 0.352 e. The van der Waals surface area contributed by atoms with E-state index in [1.54, 1.807) is 0 Å². The molecular formula is C23H29N3O4S. The van der Waals surface area contributed by atoms with Crippen molar-refractivity contribution in [1.29, 1.82) is 0 Å². The zero-order chi connectivity index (χ0) is 22.3. The standard InChI is InChI=1S/C23H29N3O4S/c1-18(27)19-8-10-22(11-9-19)31(29,30)25-13-12-23(28)24-16-20-6-2-3-7-21(20)17-26-14-4-5-15-26/h2-3,6-11,25H,4-5,12-17H2,1H3,(H,24,28). The van der Waals surface area contributed by atoms with Crippen LogP contribution in [-0.2, 0) is 27.9 Å². The molecule has 8 heteroatoms. The molecule has 0 radical (unpaired) electrons. The van der Waals surface area contributed by atoms with E-state index in [-0.39, 0.29) is 29.6 Å². The van der Waals surface area contributed by atoms with Gasteiger partial charge in [0.1, 0.15) is 0 Å². The Morgan fingerprint density at radius 3 is 2.26 bits per heavy atom. The van der Waals surface area contributed by atoms with Gasteiger partial charge in [-0.15, -0.1) is 0 Å². The fraction of sp³-hybridized carbons (Fsp3) is 0.391. The molecule has 2 aromatic rings. The first-order chi connectivity index (χ1) is 14.8. The lowest BCUT2D eigenvalue weighted by Gasteiger charge is -2.17. The van der Waals surface area contributed by atoms with Crippen molar-refractivity contribution in [3.8, 4) is 0 Å². The van der Waals surface area contributed by atoms with E-state index in [9.17, 15) is 18.0 Å². The maximum atomic E-state index is 12.4. The fourth-order valence-corrected chi connectivity index (χ4v) is 4.63. The van der Waals surface area contributed by atoms with Crippen molar-refractivity contribution < 1.29 is 18.0 Å². The van der Waals surface area contributed by atoms with Crippen molar-refractivity contribution >= 4 is 21.7 Å². The molecule has 0 atom stereocenters. The molecule has 1 saturated heterocycles. The van der Waals surface area contributed by atoms with Crippen molar-refractivity contribution in [2.75, 3.05) is 19.6 Å². The Balaban J connectivity index is 1.47. The van der Waals surface area contributed by atoms with Crippen LogP contribution in [-0.4, -0.2) is 44.6 Å². The van der Waals surface area contributed by atoms with Gasteiger partial charge in [-0.3, -0.25) is 14.5 Å². The molecule has 1 aliphatic rings. The maximum Gasteiger partial charge on any atom is 0.240 e. The Bertz CT molecular complexity index is 1010. The number of ketones is 1. The van der Waals surface area contributed by atoms with Crippen LogP contribution in [0.5, 0.6) is 0 Å². The van der Waals surface area contributed by atoms with Gasteiger partial charge < -0.3 is 5.32 Å². The lowest BCUT2D eigenvalue weighted by Crippen LogP contribution is -2.31. The summed E-state index contributed by atoms with van der Waals surface area (Å²) in [5.74, 6) is -0.346. The van der Waals surface area contributed by atoms with Gasteiger partial charge >= 0.3 is 0 Å². The van der Waals surface area contributed by atoms with Crippen LogP contribution in [0.25, 0.3) is 0 Å². The Labute approximate surface area is 183 Å². The van der Waals surface area contributed by atoms with E-state index in [1.165, 1.54) is 49.6 Å². The molecule has 0 unspecified atom stereocenters. The second-order valence-electron chi connectivity index (χ2n) is 7.76. The van der Waals surface area contributed by atoms with E-state index < -0.39 is 10.0 Å². The maximum absolute atomic E-state index is 12.4. The summed E-state index contributed by atoms with van der Waals surface area (Å²) in [6, 6.07) is 13.8. The first-order valence-corrected chi connectivity index (χ1v) is 12.0. The second-order valence-corrected chi connectivity index (χ2v) is 9.52. The number of sulfonamides is 1. The number of benzene rings is 2. The first-order valence-electron chi connectivity index (χ1n) is 10.5. The van der Waals surface area contributed by atoms with Crippen LogP contribution in [0.3, 0.4) is 0 Å². The minimum atomic E-state index is -3.73. The van der Waals surface area contributed by atoms with Crippen LogP contribution in [0.15, 0.2) is 53.4 Å². The molecule has 31 heavy (non-hydrogen) atoms. The van der Waals surface area contributed by atoms with Crippen molar-refractivity contribution in [2.45, 2.75) is 44.2 Å². The third-order valence-corrected chi connectivity index (χ3v) is 6.88. The highest BCUT2D eigenvalue weighted by molar-refractivity contribution is 7.89. The Morgan fingerprint density at radius 1 is 0.968 bits per heavy atom. The lowest BCUT2D eigenvalue weighted by atomic mass is 10.1. The fourth-order valence-electron chi connectivity index (χ4n) is 3.60. The molecular weight excluding hydrogens is 414 g/mol. The number of carbonyl (C=O) groups is 2.